The highest BCUT2D eigenvalue weighted by atomic mass is 16.3. The van der Waals surface area contributed by atoms with Crippen molar-refractivity contribution in [2.75, 3.05) is 6.54 Å². The van der Waals surface area contributed by atoms with E-state index in [1.165, 1.54) is 12.1 Å². The van der Waals surface area contributed by atoms with E-state index in [9.17, 15) is 15.0 Å². The summed E-state index contributed by atoms with van der Waals surface area (Å²) in [7, 11) is 0. The number of rotatable bonds is 3. The van der Waals surface area contributed by atoms with E-state index in [1.807, 2.05) is 0 Å². The number of carbonyl (C=O) groups is 1. The van der Waals surface area contributed by atoms with E-state index in [0.29, 0.717) is 12.5 Å². The molecule has 0 saturated heterocycles. The number of hydrogen-bond acceptors (Lipinski definition) is 4. The van der Waals surface area contributed by atoms with Crippen molar-refractivity contribution in [2.45, 2.75) is 31.7 Å². The molecule has 1 aromatic carbocycles. The summed E-state index contributed by atoms with van der Waals surface area (Å²) in [4.78, 5) is 11.9. The summed E-state index contributed by atoms with van der Waals surface area (Å²) in [6, 6.07) is 4.18. The third-order valence-electron chi connectivity index (χ3n) is 3.60. The fourth-order valence-corrected chi connectivity index (χ4v) is 2.56. The lowest BCUT2D eigenvalue weighted by molar-refractivity contribution is 0.0940. The van der Waals surface area contributed by atoms with Crippen LogP contribution in [0, 0.1) is 5.92 Å². The summed E-state index contributed by atoms with van der Waals surface area (Å²) in [6.45, 7) is 0.576. The van der Waals surface area contributed by atoms with Gasteiger partial charge in [0.25, 0.3) is 5.91 Å². The Morgan fingerprint density at radius 3 is 2.84 bits per heavy atom. The van der Waals surface area contributed by atoms with Crippen molar-refractivity contribution in [3.05, 3.63) is 23.8 Å². The van der Waals surface area contributed by atoms with E-state index in [-0.39, 0.29) is 29.0 Å². The maximum absolute atomic E-state index is 11.9. The van der Waals surface area contributed by atoms with Gasteiger partial charge < -0.3 is 21.3 Å². The van der Waals surface area contributed by atoms with Crippen LogP contribution in [0.15, 0.2) is 18.2 Å². The Balaban J connectivity index is 1.90. The first-order chi connectivity index (χ1) is 9.06. The summed E-state index contributed by atoms with van der Waals surface area (Å²) in [5, 5.41) is 21.6. The molecule has 5 nitrogen and oxygen atoms in total. The predicted molar refractivity (Wildman–Crippen MR) is 72.0 cm³/mol. The average molecular weight is 264 g/mol. The van der Waals surface area contributed by atoms with E-state index in [4.69, 9.17) is 5.73 Å². The van der Waals surface area contributed by atoms with Crippen LogP contribution in [0.4, 0.5) is 0 Å². The summed E-state index contributed by atoms with van der Waals surface area (Å²) < 4.78 is 0. The highest BCUT2D eigenvalue weighted by molar-refractivity contribution is 5.96. The molecule has 0 aliphatic heterocycles. The molecule has 2 rings (SSSR count). The lowest BCUT2D eigenvalue weighted by Gasteiger charge is -2.26. The van der Waals surface area contributed by atoms with Crippen molar-refractivity contribution in [3.8, 4) is 11.5 Å². The topological polar surface area (TPSA) is 95.6 Å². The van der Waals surface area contributed by atoms with Crippen LogP contribution >= 0.6 is 0 Å². The molecule has 0 bridgehead atoms. The normalized spacial score (nSPS) is 23.0. The van der Waals surface area contributed by atoms with Crippen LogP contribution in [-0.4, -0.2) is 28.7 Å². The van der Waals surface area contributed by atoms with Gasteiger partial charge in [0.15, 0.2) is 0 Å². The van der Waals surface area contributed by atoms with Crippen molar-refractivity contribution in [3.63, 3.8) is 0 Å². The van der Waals surface area contributed by atoms with E-state index in [1.54, 1.807) is 0 Å². The van der Waals surface area contributed by atoms with Crippen molar-refractivity contribution in [1.29, 1.82) is 0 Å². The molecular weight excluding hydrogens is 244 g/mol. The molecule has 1 amide bonds. The number of amides is 1. The van der Waals surface area contributed by atoms with Gasteiger partial charge in [-0.2, -0.15) is 0 Å². The Morgan fingerprint density at radius 2 is 2.16 bits per heavy atom. The summed E-state index contributed by atoms with van der Waals surface area (Å²) in [6.07, 6.45) is 4.17. The summed E-state index contributed by atoms with van der Waals surface area (Å²) in [5.74, 6) is -0.186. The second-order valence-electron chi connectivity index (χ2n) is 5.20. The van der Waals surface area contributed by atoms with Crippen LogP contribution in [0.3, 0.4) is 0 Å². The molecular formula is C14H20N2O3. The molecule has 19 heavy (non-hydrogen) atoms. The predicted octanol–water partition coefficient (Wildman–Crippen LogP) is 1.35. The third-order valence-corrected chi connectivity index (χ3v) is 3.60. The summed E-state index contributed by atoms with van der Waals surface area (Å²) in [5.41, 5.74) is 6.08. The maximum atomic E-state index is 11.9. The fraction of sp³-hybridized carbons (Fsp3) is 0.500. The number of nitrogens with one attached hydrogen (secondary N) is 1. The fourth-order valence-electron chi connectivity index (χ4n) is 2.56. The molecule has 1 aliphatic carbocycles. The largest absolute Gasteiger partial charge is 0.508 e. The number of aromatic hydroxyl groups is 2. The molecule has 5 N–H and O–H groups in total. The molecule has 0 aromatic heterocycles. The van der Waals surface area contributed by atoms with Crippen molar-refractivity contribution in [1.82, 2.24) is 5.32 Å². The van der Waals surface area contributed by atoms with Crippen LogP contribution in [-0.2, 0) is 0 Å². The Labute approximate surface area is 112 Å². The maximum Gasteiger partial charge on any atom is 0.255 e. The number of nitrogens with two attached hydrogens (primary N) is 1. The Bertz CT molecular complexity index is 462. The second kappa shape index (κ2) is 5.93. The zero-order valence-electron chi connectivity index (χ0n) is 10.8. The van der Waals surface area contributed by atoms with Crippen LogP contribution < -0.4 is 11.1 Å². The van der Waals surface area contributed by atoms with Gasteiger partial charge in [-0.3, -0.25) is 4.79 Å². The standard InChI is InChI=1S/C14H20N2O3/c15-10-3-1-2-9(6-10)8-16-14(19)12-5-4-11(17)7-13(12)18/h4-5,7,9-10,17-18H,1-3,6,8,15H2,(H,16,19). The van der Waals surface area contributed by atoms with Crippen molar-refractivity contribution in [2.24, 2.45) is 11.7 Å². The van der Waals surface area contributed by atoms with Crippen LogP contribution in [0.5, 0.6) is 11.5 Å². The van der Waals surface area contributed by atoms with E-state index in [0.717, 1.165) is 31.7 Å². The van der Waals surface area contributed by atoms with Gasteiger partial charge in [0, 0.05) is 18.7 Å². The molecule has 104 valence electrons. The molecule has 1 aromatic rings. The van der Waals surface area contributed by atoms with Gasteiger partial charge in [-0.25, -0.2) is 0 Å². The molecule has 0 heterocycles. The minimum atomic E-state index is -0.323. The number of carbonyl (C=O) groups excluding carboxylic acids is 1. The van der Waals surface area contributed by atoms with Gasteiger partial charge in [-0.15, -0.1) is 0 Å². The molecule has 2 unspecified atom stereocenters. The van der Waals surface area contributed by atoms with Gasteiger partial charge in [0.05, 0.1) is 5.56 Å². The van der Waals surface area contributed by atoms with E-state index < -0.39 is 0 Å². The van der Waals surface area contributed by atoms with Crippen LogP contribution in [0.2, 0.25) is 0 Å². The first kappa shape index (κ1) is 13.7. The van der Waals surface area contributed by atoms with E-state index >= 15 is 0 Å². The average Bonchev–Trinajstić information content (AvgIpc) is 2.36. The summed E-state index contributed by atoms with van der Waals surface area (Å²) >= 11 is 0. The highest BCUT2D eigenvalue weighted by Crippen LogP contribution is 2.24. The number of phenolic OH excluding ortho intramolecular Hbond substituents is 2. The van der Waals surface area contributed by atoms with Crippen LogP contribution in [0.1, 0.15) is 36.0 Å². The lowest BCUT2D eigenvalue weighted by Crippen LogP contribution is -2.35. The van der Waals surface area contributed by atoms with Gasteiger partial charge >= 0.3 is 0 Å². The molecule has 5 heteroatoms. The van der Waals surface area contributed by atoms with Gasteiger partial charge in [-0.05, 0) is 37.3 Å². The van der Waals surface area contributed by atoms with Gasteiger partial charge in [0.1, 0.15) is 11.5 Å². The zero-order chi connectivity index (χ0) is 13.8. The lowest BCUT2D eigenvalue weighted by atomic mass is 9.86. The number of hydrogen-bond donors (Lipinski definition) is 4. The monoisotopic (exact) mass is 264 g/mol. The van der Waals surface area contributed by atoms with Gasteiger partial charge in [0.2, 0.25) is 0 Å². The molecule has 2 atom stereocenters. The first-order valence-corrected chi connectivity index (χ1v) is 6.62. The Hall–Kier alpha value is -1.75. The van der Waals surface area contributed by atoms with Crippen molar-refractivity contribution >= 4 is 5.91 Å². The SMILES string of the molecule is NC1CCCC(CNC(=O)c2ccc(O)cc2O)C1. The Kier molecular flexibility index (Phi) is 4.27. The number of benzene rings is 1. The molecule has 0 radical (unpaired) electrons. The zero-order valence-corrected chi connectivity index (χ0v) is 10.8. The third kappa shape index (κ3) is 3.61. The molecule has 1 fully saturated rings. The number of phenols is 2. The van der Waals surface area contributed by atoms with Crippen molar-refractivity contribution < 1.29 is 15.0 Å². The smallest absolute Gasteiger partial charge is 0.255 e. The highest BCUT2D eigenvalue weighted by Gasteiger charge is 2.20. The first-order valence-electron chi connectivity index (χ1n) is 6.62. The Morgan fingerprint density at radius 1 is 1.37 bits per heavy atom. The minimum absolute atomic E-state index is 0.0627. The molecule has 1 aliphatic rings. The van der Waals surface area contributed by atoms with E-state index in [2.05, 4.69) is 5.32 Å². The molecule has 1 saturated carbocycles. The van der Waals surface area contributed by atoms with Crippen LogP contribution in [0.25, 0.3) is 0 Å². The second-order valence-corrected chi connectivity index (χ2v) is 5.20. The van der Waals surface area contributed by atoms with Gasteiger partial charge in [-0.1, -0.05) is 6.42 Å². The molecule has 0 spiro atoms. The minimum Gasteiger partial charge on any atom is -0.508 e. The quantitative estimate of drug-likeness (QED) is 0.662.